The van der Waals surface area contributed by atoms with Gasteiger partial charge >= 0.3 is 6.09 Å². The van der Waals surface area contributed by atoms with Crippen molar-refractivity contribution >= 4 is 6.09 Å². The van der Waals surface area contributed by atoms with Crippen molar-refractivity contribution in [3.8, 4) is 0 Å². The Balaban J connectivity index is 1.83. The monoisotopic (exact) mass is 367 g/mol. The minimum absolute atomic E-state index is 0.142. The Hall–Kier alpha value is -0.810. The molecule has 152 valence electrons. The summed E-state index contributed by atoms with van der Waals surface area (Å²) in [7, 11) is 0. The van der Waals surface area contributed by atoms with Crippen LogP contribution in [-0.4, -0.2) is 60.8 Å². The number of piperidine rings is 1. The minimum Gasteiger partial charge on any atom is -0.444 e. The van der Waals surface area contributed by atoms with Gasteiger partial charge in [-0.2, -0.15) is 0 Å². The molecule has 1 amide bonds. The Kier molecular flexibility index (Phi) is 8.68. The van der Waals surface area contributed by atoms with E-state index >= 15 is 0 Å². The summed E-state index contributed by atoms with van der Waals surface area (Å²) in [5.41, 5.74) is 5.38. The fourth-order valence-electron chi connectivity index (χ4n) is 4.21. The molecule has 0 radical (unpaired) electrons. The summed E-state index contributed by atoms with van der Waals surface area (Å²) >= 11 is 0. The molecule has 0 spiro atoms. The van der Waals surface area contributed by atoms with Crippen molar-refractivity contribution in [3.63, 3.8) is 0 Å². The zero-order valence-corrected chi connectivity index (χ0v) is 17.3. The highest BCUT2D eigenvalue weighted by Gasteiger charge is 2.27. The third-order valence-corrected chi connectivity index (χ3v) is 5.78. The lowest BCUT2D eigenvalue weighted by Crippen LogP contribution is -2.42. The molecular weight excluding hydrogens is 326 g/mol. The Morgan fingerprint density at radius 2 is 1.69 bits per heavy atom. The SMILES string of the molecule is CC(C)(C)OC(=O)N(CCCN1CCCCC1)C[C@H]1CC[C@H](CN)CC1. The van der Waals surface area contributed by atoms with Crippen LogP contribution in [0.15, 0.2) is 0 Å². The largest absolute Gasteiger partial charge is 0.444 e. The van der Waals surface area contributed by atoms with Crippen molar-refractivity contribution in [1.29, 1.82) is 0 Å². The van der Waals surface area contributed by atoms with E-state index < -0.39 is 5.60 Å². The normalized spacial score (nSPS) is 25.1. The molecule has 1 aliphatic carbocycles. The van der Waals surface area contributed by atoms with Crippen LogP contribution >= 0.6 is 0 Å². The van der Waals surface area contributed by atoms with Crippen molar-refractivity contribution in [2.45, 2.75) is 77.7 Å². The van der Waals surface area contributed by atoms with Crippen LogP contribution < -0.4 is 5.73 Å². The van der Waals surface area contributed by atoms with Gasteiger partial charge in [0.25, 0.3) is 0 Å². The van der Waals surface area contributed by atoms with E-state index in [9.17, 15) is 4.79 Å². The second-order valence-electron chi connectivity index (χ2n) is 9.30. The number of hydrogen-bond donors (Lipinski definition) is 1. The van der Waals surface area contributed by atoms with Crippen LogP contribution in [0.2, 0.25) is 0 Å². The molecule has 2 aliphatic rings. The molecule has 1 saturated carbocycles. The number of nitrogens with two attached hydrogens (primary N) is 1. The molecule has 0 atom stereocenters. The molecule has 1 saturated heterocycles. The summed E-state index contributed by atoms with van der Waals surface area (Å²) in [5, 5.41) is 0. The summed E-state index contributed by atoms with van der Waals surface area (Å²) in [6.07, 6.45) is 9.69. The number of likely N-dealkylation sites (tertiary alicyclic amines) is 1. The Bertz CT molecular complexity index is 408. The van der Waals surface area contributed by atoms with Crippen molar-refractivity contribution in [2.24, 2.45) is 17.6 Å². The van der Waals surface area contributed by atoms with Gasteiger partial charge < -0.3 is 20.3 Å². The van der Waals surface area contributed by atoms with E-state index in [0.717, 1.165) is 32.6 Å². The molecule has 2 N–H and O–H groups in total. The predicted octanol–water partition coefficient (Wildman–Crippen LogP) is 3.86. The third-order valence-electron chi connectivity index (χ3n) is 5.78. The highest BCUT2D eigenvalue weighted by Crippen LogP contribution is 2.29. The van der Waals surface area contributed by atoms with Gasteiger partial charge in [0.2, 0.25) is 0 Å². The van der Waals surface area contributed by atoms with E-state index in [1.165, 1.54) is 58.0 Å². The standard InChI is InChI=1S/C21H41N3O2/c1-21(2,3)26-20(25)24(15-7-14-23-12-5-4-6-13-23)17-19-10-8-18(16-22)9-11-19/h18-19H,4-17,22H2,1-3H3/t18-,19-. The molecule has 26 heavy (non-hydrogen) atoms. The van der Waals surface area contributed by atoms with Crippen molar-refractivity contribution in [3.05, 3.63) is 0 Å². The second-order valence-corrected chi connectivity index (χ2v) is 9.30. The first-order chi connectivity index (χ1) is 12.4. The summed E-state index contributed by atoms with van der Waals surface area (Å²) < 4.78 is 5.68. The number of hydrogen-bond acceptors (Lipinski definition) is 4. The number of amides is 1. The van der Waals surface area contributed by atoms with Crippen LogP contribution in [0.4, 0.5) is 4.79 Å². The number of carbonyl (C=O) groups excluding carboxylic acids is 1. The Morgan fingerprint density at radius 1 is 1.08 bits per heavy atom. The molecule has 2 fully saturated rings. The average Bonchev–Trinajstić information content (AvgIpc) is 2.61. The van der Waals surface area contributed by atoms with Gasteiger partial charge in [0, 0.05) is 13.1 Å². The molecule has 0 aromatic rings. The summed E-state index contributed by atoms with van der Waals surface area (Å²) in [6.45, 7) is 11.8. The smallest absolute Gasteiger partial charge is 0.410 e. The minimum atomic E-state index is -0.431. The first-order valence-corrected chi connectivity index (χ1v) is 10.8. The molecule has 0 bridgehead atoms. The van der Waals surface area contributed by atoms with Crippen molar-refractivity contribution in [1.82, 2.24) is 9.80 Å². The van der Waals surface area contributed by atoms with E-state index in [-0.39, 0.29) is 6.09 Å². The summed E-state index contributed by atoms with van der Waals surface area (Å²) in [5.74, 6) is 1.28. The molecule has 0 aromatic carbocycles. The molecule has 1 heterocycles. The van der Waals surface area contributed by atoms with E-state index in [2.05, 4.69) is 4.90 Å². The summed E-state index contributed by atoms with van der Waals surface area (Å²) in [4.78, 5) is 17.2. The maximum atomic E-state index is 12.7. The van der Waals surface area contributed by atoms with E-state index in [0.29, 0.717) is 11.8 Å². The Morgan fingerprint density at radius 3 is 2.27 bits per heavy atom. The average molecular weight is 368 g/mol. The van der Waals surface area contributed by atoms with Gasteiger partial charge in [-0.15, -0.1) is 0 Å². The van der Waals surface area contributed by atoms with E-state index in [4.69, 9.17) is 10.5 Å². The van der Waals surface area contributed by atoms with E-state index in [1.54, 1.807) is 0 Å². The summed E-state index contributed by atoms with van der Waals surface area (Å²) in [6, 6.07) is 0. The zero-order chi connectivity index (χ0) is 19.0. The van der Waals surface area contributed by atoms with Crippen molar-refractivity contribution in [2.75, 3.05) is 39.3 Å². The highest BCUT2D eigenvalue weighted by atomic mass is 16.6. The Labute approximate surface area is 160 Å². The quantitative estimate of drug-likeness (QED) is 0.742. The first-order valence-electron chi connectivity index (χ1n) is 10.8. The number of rotatable bonds is 7. The molecule has 0 aromatic heterocycles. The molecule has 0 unspecified atom stereocenters. The number of ether oxygens (including phenoxy) is 1. The lowest BCUT2D eigenvalue weighted by atomic mass is 9.82. The van der Waals surface area contributed by atoms with Crippen LogP contribution in [0.25, 0.3) is 0 Å². The zero-order valence-electron chi connectivity index (χ0n) is 17.3. The molecule has 2 rings (SSSR count). The maximum absolute atomic E-state index is 12.7. The predicted molar refractivity (Wildman–Crippen MR) is 107 cm³/mol. The first kappa shape index (κ1) is 21.5. The lowest BCUT2D eigenvalue weighted by Gasteiger charge is -2.34. The fourth-order valence-corrected chi connectivity index (χ4v) is 4.21. The van der Waals surface area contributed by atoms with Crippen molar-refractivity contribution < 1.29 is 9.53 Å². The van der Waals surface area contributed by atoms with Gasteiger partial charge in [-0.1, -0.05) is 6.42 Å². The van der Waals surface area contributed by atoms with Gasteiger partial charge in [-0.05, 0) is 104 Å². The van der Waals surface area contributed by atoms with Gasteiger partial charge in [0.1, 0.15) is 5.60 Å². The second kappa shape index (κ2) is 10.5. The van der Waals surface area contributed by atoms with Crippen LogP contribution in [-0.2, 0) is 4.74 Å². The van der Waals surface area contributed by atoms with Crippen LogP contribution in [0.1, 0.15) is 72.1 Å². The maximum Gasteiger partial charge on any atom is 0.410 e. The van der Waals surface area contributed by atoms with Crippen LogP contribution in [0.3, 0.4) is 0 Å². The fraction of sp³-hybridized carbons (Fsp3) is 0.952. The lowest BCUT2D eigenvalue weighted by molar-refractivity contribution is 0.0194. The molecule has 1 aliphatic heterocycles. The van der Waals surface area contributed by atoms with Gasteiger partial charge in [-0.3, -0.25) is 0 Å². The highest BCUT2D eigenvalue weighted by molar-refractivity contribution is 5.68. The van der Waals surface area contributed by atoms with Gasteiger partial charge in [0.05, 0.1) is 0 Å². The third kappa shape index (κ3) is 7.83. The number of nitrogens with zero attached hydrogens (tertiary/aromatic N) is 2. The molecule has 5 heteroatoms. The number of carbonyl (C=O) groups is 1. The van der Waals surface area contributed by atoms with Crippen LogP contribution in [0.5, 0.6) is 0 Å². The molecule has 5 nitrogen and oxygen atoms in total. The van der Waals surface area contributed by atoms with Gasteiger partial charge in [0.15, 0.2) is 0 Å². The molecular formula is C21H41N3O2. The van der Waals surface area contributed by atoms with E-state index in [1.807, 2.05) is 25.7 Å². The van der Waals surface area contributed by atoms with Gasteiger partial charge in [-0.25, -0.2) is 4.79 Å². The topological polar surface area (TPSA) is 58.8 Å². The van der Waals surface area contributed by atoms with Crippen LogP contribution in [0, 0.1) is 11.8 Å².